The summed E-state index contributed by atoms with van der Waals surface area (Å²) in [5.41, 5.74) is 7.28. The molecule has 0 amide bonds. The van der Waals surface area contributed by atoms with Crippen LogP contribution < -0.4 is 0 Å². The largest absolute Gasteiger partial charge is 0.461 e. The Kier molecular flexibility index (Phi) is 15.9. The number of aromatic nitrogens is 19. The number of carbonyl (C=O) groups excluding carboxylic acids is 1. The van der Waals surface area contributed by atoms with Crippen LogP contribution in [0.2, 0.25) is 5.02 Å². The number of benzene rings is 4. The Morgan fingerprint density at radius 3 is 1.68 bits per heavy atom. The highest BCUT2D eigenvalue weighted by Crippen LogP contribution is 2.30. The van der Waals surface area contributed by atoms with Crippen LogP contribution in [0.5, 0.6) is 0 Å². The van der Waals surface area contributed by atoms with Gasteiger partial charge in [0, 0.05) is 65.6 Å². The zero-order valence-corrected chi connectivity index (χ0v) is 38.4. The van der Waals surface area contributed by atoms with Crippen molar-refractivity contribution < 1.29 is 27.6 Å². The molecule has 0 saturated carbocycles. The molecule has 356 valence electrons. The van der Waals surface area contributed by atoms with Crippen molar-refractivity contribution in [2.24, 2.45) is 42.3 Å². The predicted molar refractivity (Wildman–Crippen MR) is 244 cm³/mol. The second-order valence-corrected chi connectivity index (χ2v) is 14.6. The van der Waals surface area contributed by atoms with Crippen molar-refractivity contribution in [2.75, 3.05) is 6.61 Å². The average Bonchev–Trinajstić information content (AvgIpc) is 4.22. The Bertz CT molecular complexity index is 3410. The third-order valence-electron chi connectivity index (χ3n) is 9.28. The lowest BCUT2D eigenvalue weighted by atomic mass is 10.2. The molecule has 4 aromatic carbocycles. The van der Waals surface area contributed by atoms with Crippen molar-refractivity contribution in [2.45, 2.75) is 13.1 Å². The number of hydrogen-bond acceptors (Lipinski definition) is 17. The minimum absolute atomic E-state index is 0.0536. The zero-order chi connectivity index (χ0) is 49.8. The molecule has 7 aromatic heterocycles. The number of esters is 1. The standard InChI is InChI=1S/C8H6F3N3.C7H6ClN3.C7H6N4O2.C7H7N3.C6H6N4.C6H9N3O2/c1-14-7-4-5(8(9,10)11)2-3-6(7)12-13-14;1-11-7-4-5(8)2-3-6(7)9-10-11;1-10-7-4-5(11(12)13)2-3-6(7)8-9-10;1-10-7-5-3-2-4-6(7)8-9-10;1-10-6-5(8-9-10)3-2-4-7-6;1-3-11-6(10)5-4-9(2)8-7-5/h2-4H,1H3;2-4H,1H3;2-4H,1H3;2-5H,1H3;2-4H,1H3;4H,3H2,1-2H3. The van der Waals surface area contributed by atoms with Gasteiger partial charge in [-0.2, -0.15) is 13.2 Å². The quantitative estimate of drug-likeness (QED) is 0.115. The molecule has 0 aliphatic rings. The molecule has 0 spiro atoms. The van der Waals surface area contributed by atoms with E-state index in [2.05, 4.69) is 71.6 Å². The van der Waals surface area contributed by atoms with Gasteiger partial charge in [0.05, 0.1) is 45.4 Å². The topological polar surface area (TPSA) is 267 Å². The SMILES string of the molecule is CCOC(=O)c1cn(C)nn1.Cn1nnc2ccc(C(F)(F)F)cc21.Cn1nnc2ccc(Cl)cc21.Cn1nnc2ccc([N+](=O)[O-])cc21.Cn1nnc2ccccc21.Cn1nnc2cccnc21. The minimum atomic E-state index is -4.32. The molecule has 0 fully saturated rings. The lowest BCUT2D eigenvalue weighted by molar-refractivity contribution is -0.384. The van der Waals surface area contributed by atoms with Gasteiger partial charge in [-0.1, -0.05) is 55.0 Å². The first-order valence-electron chi connectivity index (χ1n) is 20.1. The molecule has 0 bridgehead atoms. The van der Waals surface area contributed by atoms with Crippen LogP contribution in [-0.2, 0) is 53.2 Å². The Hall–Kier alpha value is -8.88. The van der Waals surface area contributed by atoms with Crippen LogP contribution in [0.4, 0.5) is 18.9 Å². The maximum atomic E-state index is 12.3. The number of alkyl halides is 3. The second-order valence-electron chi connectivity index (χ2n) is 14.2. The van der Waals surface area contributed by atoms with Crippen LogP contribution in [0.25, 0.3) is 55.3 Å². The molecule has 0 N–H and O–H groups in total. The monoisotopic (exact) mass is 968 g/mol. The fraction of sp³-hybridized carbons (Fsp3) is 0.220. The Labute approximate surface area is 392 Å². The molecule has 0 saturated heterocycles. The number of hydrogen-bond donors (Lipinski definition) is 0. The number of rotatable bonds is 3. The molecule has 11 rings (SSSR count). The van der Waals surface area contributed by atoms with E-state index in [1.807, 2.05) is 69.7 Å². The number of non-ortho nitro benzene ring substituents is 1. The molecule has 69 heavy (non-hydrogen) atoms. The summed E-state index contributed by atoms with van der Waals surface area (Å²) < 4.78 is 51.0. The van der Waals surface area contributed by atoms with Crippen molar-refractivity contribution >= 4 is 78.6 Å². The van der Waals surface area contributed by atoms with Crippen molar-refractivity contribution in [1.29, 1.82) is 0 Å². The summed E-state index contributed by atoms with van der Waals surface area (Å²) in [6.07, 6.45) is -1.08. The summed E-state index contributed by atoms with van der Waals surface area (Å²) >= 11 is 5.78. The number of carbonyl (C=O) groups is 1. The number of nitrogens with zero attached hydrogens (tertiary/aromatic N) is 20. The van der Waals surface area contributed by atoms with E-state index in [9.17, 15) is 28.1 Å². The summed E-state index contributed by atoms with van der Waals surface area (Å²) in [5, 5.41) is 56.4. The van der Waals surface area contributed by atoms with E-state index in [4.69, 9.17) is 11.6 Å². The van der Waals surface area contributed by atoms with Crippen LogP contribution in [0.3, 0.4) is 0 Å². The van der Waals surface area contributed by atoms with Gasteiger partial charge in [-0.15, -0.1) is 30.6 Å². The molecule has 28 heteroatoms. The number of halogens is 4. The maximum absolute atomic E-state index is 12.3. The van der Waals surface area contributed by atoms with Crippen LogP contribution in [-0.4, -0.2) is 112 Å². The minimum Gasteiger partial charge on any atom is -0.461 e. The van der Waals surface area contributed by atoms with E-state index in [0.29, 0.717) is 33.7 Å². The molecular weight excluding hydrogens is 929 g/mol. The molecule has 0 aliphatic heterocycles. The van der Waals surface area contributed by atoms with Gasteiger partial charge in [0.25, 0.3) is 5.69 Å². The fourth-order valence-corrected chi connectivity index (χ4v) is 6.01. The first-order chi connectivity index (χ1) is 32.9. The smallest absolute Gasteiger partial charge is 0.416 e. The lowest BCUT2D eigenvalue weighted by Gasteiger charge is -2.05. The van der Waals surface area contributed by atoms with E-state index < -0.39 is 22.6 Å². The lowest BCUT2D eigenvalue weighted by Crippen LogP contribution is -2.04. The average molecular weight is 969 g/mol. The number of para-hydroxylation sites is 1. The van der Waals surface area contributed by atoms with E-state index in [-0.39, 0.29) is 11.4 Å². The summed E-state index contributed by atoms with van der Waals surface area (Å²) in [6, 6.07) is 24.9. The normalized spacial score (nSPS) is 10.8. The van der Waals surface area contributed by atoms with Gasteiger partial charge in [-0.05, 0) is 73.7 Å². The second kappa shape index (κ2) is 22.1. The third-order valence-corrected chi connectivity index (χ3v) is 9.51. The fourth-order valence-electron chi connectivity index (χ4n) is 5.85. The van der Waals surface area contributed by atoms with Crippen molar-refractivity contribution in [3.63, 3.8) is 0 Å². The van der Waals surface area contributed by atoms with Gasteiger partial charge >= 0.3 is 12.1 Å². The molecule has 0 radical (unpaired) electrons. The maximum Gasteiger partial charge on any atom is 0.416 e. The molecule has 0 atom stereocenters. The van der Waals surface area contributed by atoms with Gasteiger partial charge in [-0.25, -0.2) is 33.2 Å². The number of pyridine rings is 1. The first-order valence-corrected chi connectivity index (χ1v) is 20.4. The highest BCUT2D eigenvalue weighted by atomic mass is 35.5. The van der Waals surface area contributed by atoms with Gasteiger partial charge in [0.1, 0.15) is 27.6 Å². The molecule has 0 aliphatic carbocycles. The molecule has 7 heterocycles. The number of fused-ring (bicyclic) bond motifs is 5. The Morgan fingerprint density at radius 1 is 0.623 bits per heavy atom. The molecule has 0 unspecified atom stereocenters. The van der Waals surface area contributed by atoms with Gasteiger partial charge in [0.2, 0.25) is 0 Å². The predicted octanol–water partition coefficient (Wildman–Crippen LogP) is 5.81. The van der Waals surface area contributed by atoms with E-state index in [1.54, 1.807) is 60.4 Å². The Balaban J connectivity index is 0.000000137. The van der Waals surface area contributed by atoms with E-state index >= 15 is 0 Å². The summed E-state index contributed by atoms with van der Waals surface area (Å²) in [6.45, 7) is 2.10. The van der Waals surface area contributed by atoms with Gasteiger partial charge in [0.15, 0.2) is 11.3 Å². The van der Waals surface area contributed by atoms with Crippen molar-refractivity contribution in [3.8, 4) is 0 Å². The molecular formula is C41H40ClF3N20O4. The van der Waals surface area contributed by atoms with Crippen LogP contribution in [0.1, 0.15) is 23.0 Å². The van der Waals surface area contributed by atoms with E-state index in [1.165, 1.54) is 38.4 Å². The van der Waals surface area contributed by atoms with Crippen molar-refractivity contribution in [3.05, 3.63) is 130 Å². The molecule has 11 aromatic rings. The highest BCUT2D eigenvalue weighted by Gasteiger charge is 2.30. The molecule has 24 nitrogen and oxygen atoms in total. The third kappa shape index (κ3) is 12.7. The number of nitro benzene ring substituents is 1. The van der Waals surface area contributed by atoms with Gasteiger partial charge < -0.3 is 4.74 Å². The summed E-state index contributed by atoms with van der Waals surface area (Å²) in [7, 11) is 10.5. The number of nitro groups is 1. The van der Waals surface area contributed by atoms with E-state index in [0.717, 1.165) is 45.4 Å². The van der Waals surface area contributed by atoms with Gasteiger partial charge in [-0.3, -0.25) is 14.8 Å². The van der Waals surface area contributed by atoms with Crippen LogP contribution in [0.15, 0.2) is 103 Å². The van der Waals surface area contributed by atoms with Crippen LogP contribution in [0, 0.1) is 10.1 Å². The number of ether oxygens (including phenoxy) is 1. The Morgan fingerprint density at radius 2 is 1.13 bits per heavy atom. The summed E-state index contributed by atoms with van der Waals surface area (Å²) in [4.78, 5) is 25.0. The zero-order valence-electron chi connectivity index (χ0n) is 37.6. The first kappa shape index (κ1) is 49.6. The highest BCUT2D eigenvalue weighted by molar-refractivity contribution is 6.31. The van der Waals surface area contributed by atoms with Crippen molar-refractivity contribution in [1.82, 2.24) is 94.9 Å². The number of aryl methyl sites for hydroxylation is 6. The summed E-state index contributed by atoms with van der Waals surface area (Å²) in [5.74, 6) is -0.430. The van der Waals surface area contributed by atoms with Crippen LogP contribution >= 0.6 is 11.6 Å².